The average molecular weight is 311 g/mol. The smallest absolute Gasteiger partial charge is 0.417 e. The lowest BCUT2D eigenvalue weighted by Gasteiger charge is -2.14. The Kier molecular flexibility index (Phi) is 4.18. The molecule has 2 rings (SSSR count). The zero-order chi connectivity index (χ0) is 15.6. The Morgan fingerprint density at radius 1 is 1.14 bits per heavy atom. The molecule has 6 heteroatoms. The van der Waals surface area contributed by atoms with E-state index in [2.05, 4.69) is 0 Å². The minimum Gasteiger partial charge on any atom is -0.457 e. The molecule has 0 radical (unpaired) electrons. The van der Waals surface area contributed by atoms with Gasteiger partial charge in [-0.1, -0.05) is 30.4 Å². The van der Waals surface area contributed by atoms with Gasteiger partial charge in [0.2, 0.25) is 0 Å². The number of aryl methyl sites for hydroxylation is 1. The van der Waals surface area contributed by atoms with Crippen LogP contribution in [-0.4, -0.2) is 4.99 Å². The summed E-state index contributed by atoms with van der Waals surface area (Å²) in [5.74, 6) is 0.811. The van der Waals surface area contributed by atoms with Crippen molar-refractivity contribution in [3.8, 4) is 11.5 Å². The first kappa shape index (κ1) is 15.3. The standard InChI is InChI=1S/C15H12F3NOS/c1-9-4-2-3-5-13(9)20-10-6-7-12(15(16,17)18)11(8-10)14(19)21/h2-8H,1H3,(H2,19,21). The second kappa shape index (κ2) is 5.73. The van der Waals surface area contributed by atoms with Crippen molar-refractivity contribution in [3.63, 3.8) is 0 Å². The lowest BCUT2D eigenvalue weighted by Crippen LogP contribution is -2.17. The summed E-state index contributed by atoms with van der Waals surface area (Å²) >= 11 is 4.69. The summed E-state index contributed by atoms with van der Waals surface area (Å²) in [4.78, 5) is -0.322. The molecular weight excluding hydrogens is 299 g/mol. The molecular formula is C15H12F3NOS. The van der Waals surface area contributed by atoms with Gasteiger partial charge >= 0.3 is 6.18 Å². The van der Waals surface area contributed by atoms with Gasteiger partial charge in [-0.15, -0.1) is 0 Å². The van der Waals surface area contributed by atoms with Crippen LogP contribution < -0.4 is 10.5 Å². The highest BCUT2D eigenvalue weighted by atomic mass is 32.1. The summed E-state index contributed by atoms with van der Waals surface area (Å²) in [6.07, 6.45) is -4.51. The van der Waals surface area contributed by atoms with Crippen LogP contribution >= 0.6 is 12.2 Å². The molecule has 110 valence electrons. The molecule has 0 heterocycles. The van der Waals surface area contributed by atoms with E-state index < -0.39 is 11.7 Å². The van der Waals surface area contributed by atoms with E-state index in [-0.39, 0.29) is 16.3 Å². The monoisotopic (exact) mass is 311 g/mol. The van der Waals surface area contributed by atoms with E-state index in [1.807, 2.05) is 19.1 Å². The zero-order valence-corrected chi connectivity index (χ0v) is 11.9. The van der Waals surface area contributed by atoms with Crippen LogP contribution in [0.5, 0.6) is 11.5 Å². The first-order valence-corrected chi connectivity index (χ1v) is 6.44. The number of rotatable bonds is 3. The number of benzene rings is 2. The minimum absolute atomic E-state index is 0.247. The maximum Gasteiger partial charge on any atom is 0.417 e. The van der Waals surface area contributed by atoms with Gasteiger partial charge < -0.3 is 10.5 Å². The Balaban J connectivity index is 2.42. The van der Waals surface area contributed by atoms with E-state index in [9.17, 15) is 13.2 Å². The van der Waals surface area contributed by atoms with Gasteiger partial charge in [0.1, 0.15) is 16.5 Å². The largest absolute Gasteiger partial charge is 0.457 e. The Morgan fingerprint density at radius 3 is 2.38 bits per heavy atom. The van der Waals surface area contributed by atoms with E-state index in [0.717, 1.165) is 11.6 Å². The SMILES string of the molecule is Cc1ccccc1Oc1ccc(C(F)(F)F)c(C(N)=S)c1. The molecule has 0 atom stereocenters. The number of para-hydroxylation sites is 1. The highest BCUT2D eigenvalue weighted by Gasteiger charge is 2.34. The topological polar surface area (TPSA) is 35.2 Å². The van der Waals surface area contributed by atoms with Gasteiger partial charge in [0.25, 0.3) is 0 Å². The number of hydrogen-bond donors (Lipinski definition) is 1. The summed E-state index contributed by atoms with van der Waals surface area (Å²) in [7, 11) is 0. The average Bonchev–Trinajstić information content (AvgIpc) is 2.40. The molecule has 0 spiro atoms. The highest BCUT2D eigenvalue weighted by Crippen LogP contribution is 2.35. The molecule has 0 bridgehead atoms. The van der Waals surface area contributed by atoms with Crippen LogP contribution in [0, 0.1) is 6.92 Å². The second-order valence-electron chi connectivity index (χ2n) is 4.44. The number of alkyl halides is 3. The van der Waals surface area contributed by atoms with Crippen molar-refractivity contribution in [1.29, 1.82) is 0 Å². The lowest BCUT2D eigenvalue weighted by atomic mass is 10.1. The molecule has 2 aromatic rings. The fraction of sp³-hybridized carbons (Fsp3) is 0.133. The van der Waals surface area contributed by atoms with E-state index in [1.165, 1.54) is 12.1 Å². The molecule has 0 fully saturated rings. The number of hydrogen-bond acceptors (Lipinski definition) is 2. The molecule has 21 heavy (non-hydrogen) atoms. The van der Waals surface area contributed by atoms with Crippen molar-refractivity contribution in [2.75, 3.05) is 0 Å². The van der Waals surface area contributed by atoms with Crippen LogP contribution in [0.1, 0.15) is 16.7 Å². The highest BCUT2D eigenvalue weighted by molar-refractivity contribution is 7.80. The lowest BCUT2D eigenvalue weighted by molar-refractivity contribution is -0.137. The maximum atomic E-state index is 12.9. The zero-order valence-electron chi connectivity index (χ0n) is 11.1. The Hall–Kier alpha value is -2.08. The molecule has 0 aliphatic heterocycles. The number of halogens is 3. The summed E-state index contributed by atoms with van der Waals surface area (Å²) in [6.45, 7) is 1.84. The van der Waals surface area contributed by atoms with E-state index in [4.69, 9.17) is 22.7 Å². The van der Waals surface area contributed by atoms with Gasteiger partial charge in [-0.25, -0.2) is 0 Å². The van der Waals surface area contributed by atoms with Crippen molar-refractivity contribution in [1.82, 2.24) is 0 Å². The minimum atomic E-state index is -4.51. The van der Waals surface area contributed by atoms with Gasteiger partial charge in [-0.3, -0.25) is 0 Å². The van der Waals surface area contributed by atoms with Crippen molar-refractivity contribution in [3.05, 3.63) is 59.2 Å². The van der Waals surface area contributed by atoms with E-state index in [1.54, 1.807) is 12.1 Å². The summed E-state index contributed by atoms with van der Waals surface area (Å²) in [5, 5.41) is 0. The van der Waals surface area contributed by atoms with Gasteiger partial charge in [0.05, 0.1) is 5.56 Å². The Morgan fingerprint density at radius 2 is 1.81 bits per heavy atom. The number of thiocarbonyl (C=S) groups is 1. The fourth-order valence-electron chi connectivity index (χ4n) is 1.84. The van der Waals surface area contributed by atoms with Crippen LogP contribution in [0.15, 0.2) is 42.5 Å². The van der Waals surface area contributed by atoms with Gasteiger partial charge in [0.15, 0.2) is 0 Å². The molecule has 0 saturated heterocycles. The third-order valence-corrected chi connectivity index (χ3v) is 3.10. The molecule has 0 amide bonds. The molecule has 2 nitrogen and oxygen atoms in total. The third kappa shape index (κ3) is 3.52. The maximum absolute atomic E-state index is 12.9. The molecule has 0 aliphatic rings. The predicted octanol–water partition coefficient (Wildman–Crippen LogP) is 4.44. The van der Waals surface area contributed by atoms with Crippen LogP contribution in [0.2, 0.25) is 0 Å². The fourth-order valence-corrected chi connectivity index (χ4v) is 2.00. The summed E-state index contributed by atoms with van der Waals surface area (Å²) in [6, 6.07) is 10.6. The van der Waals surface area contributed by atoms with Gasteiger partial charge in [0, 0.05) is 5.56 Å². The van der Waals surface area contributed by atoms with Crippen LogP contribution in [-0.2, 0) is 6.18 Å². The van der Waals surface area contributed by atoms with E-state index in [0.29, 0.717) is 5.75 Å². The Labute approximate surface area is 125 Å². The second-order valence-corrected chi connectivity index (χ2v) is 4.88. The molecule has 0 aromatic heterocycles. The summed E-state index contributed by atoms with van der Waals surface area (Å²) < 4.78 is 44.2. The third-order valence-electron chi connectivity index (χ3n) is 2.88. The first-order valence-electron chi connectivity index (χ1n) is 6.03. The van der Waals surface area contributed by atoms with Crippen molar-refractivity contribution in [2.45, 2.75) is 13.1 Å². The van der Waals surface area contributed by atoms with Crippen LogP contribution in [0.4, 0.5) is 13.2 Å². The van der Waals surface area contributed by atoms with Crippen LogP contribution in [0.25, 0.3) is 0 Å². The van der Waals surface area contributed by atoms with E-state index >= 15 is 0 Å². The first-order chi connectivity index (χ1) is 9.79. The summed E-state index contributed by atoms with van der Waals surface area (Å²) in [5.41, 5.74) is 5.13. The van der Waals surface area contributed by atoms with Crippen molar-refractivity contribution in [2.24, 2.45) is 5.73 Å². The Bertz CT molecular complexity index is 683. The van der Waals surface area contributed by atoms with Crippen molar-refractivity contribution >= 4 is 17.2 Å². The number of ether oxygens (including phenoxy) is 1. The van der Waals surface area contributed by atoms with Gasteiger partial charge in [-0.05, 0) is 36.8 Å². The van der Waals surface area contributed by atoms with Crippen molar-refractivity contribution < 1.29 is 17.9 Å². The molecule has 0 unspecified atom stereocenters. The number of nitrogens with two attached hydrogens (primary N) is 1. The predicted molar refractivity (Wildman–Crippen MR) is 78.6 cm³/mol. The molecule has 0 saturated carbocycles. The molecule has 2 N–H and O–H groups in total. The quantitative estimate of drug-likeness (QED) is 0.851. The van der Waals surface area contributed by atoms with Gasteiger partial charge in [-0.2, -0.15) is 13.2 Å². The molecule has 0 aliphatic carbocycles. The normalized spacial score (nSPS) is 11.2. The van der Waals surface area contributed by atoms with Crippen LogP contribution in [0.3, 0.4) is 0 Å². The molecule has 2 aromatic carbocycles.